The highest BCUT2D eigenvalue weighted by molar-refractivity contribution is 5.59. The number of nitrogens with two attached hydrogens (primary N) is 2. The fourth-order valence-corrected chi connectivity index (χ4v) is 1.23. The van der Waals surface area contributed by atoms with Gasteiger partial charge in [0.1, 0.15) is 11.9 Å². The topological polar surface area (TPSA) is 114 Å². The predicted molar refractivity (Wildman–Crippen MR) is 58.8 cm³/mol. The Kier molecular flexibility index (Phi) is 2.36. The molecule has 0 saturated heterocycles. The van der Waals surface area contributed by atoms with Crippen molar-refractivity contribution >= 4 is 11.8 Å². The van der Waals surface area contributed by atoms with Crippen LogP contribution in [0.1, 0.15) is 5.56 Å². The zero-order valence-electron chi connectivity index (χ0n) is 8.25. The highest BCUT2D eigenvalue weighted by Crippen LogP contribution is 2.17. The lowest BCUT2D eigenvalue weighted by atomic mass is 10.2. The van der Waals surface area contributed by atoms with E-state index in [2.05, 4.69) is 15.0 Å². The van der Waals surface area contributed by atoms with E-state index in [-0.39, 0.29) is 11.8 Å². The summed E-state index contributed by atoms with van der Waals surface area (Å²) in [4.78, 5) is 11.8. The Morgan fingerprint density at radius 1 is 1.12 bits per heavy atom. The fourth-order valence-electron chi connectivity index (χ4n) is 1.23. The molecule has 4 N–H and O–H groups in total. The minimum absolute atomic E-state index is 0.0983. The monoisotopic (exact) mass is 212 g/mol. The first-order chi connectivity index (χ1) is 7.69. The highest BCUT2D eigenvalue weighted by atomic mass is 15.0. The summed E-state index contributed by atoms with van der Waals surface area (Å²) >= 11 is 0. The van der Waals surface area contributed by atoms with Gasteiger partial charge in [-0.2, -0.15) is 10.2 Å². The van der Waals surface area contributed by atoms with E-state index in [1.54, 1.807) is 18.2 Å². The van der Waals surface area contributed by atoms with Gasteiger partial charge in [-0.05, 0) is 12.1 Å². The Morgan fingerprint density at radius 3 is 2.50 bits per heavy atom. The van der Waals surface area contributed by atoms with E-state index >= 15 is 0 Å². The zero-order valence-corrected chi connectivity index (χ0v) is 8.25. The molecule has 2 aromatic heterocycles. The summed E-state index contributed by atoms with van der Waals surface area (Å²) in [6, 6.07) is 6.89. The van der Waals surface area contributed by atoms with Crippen molar-refractivity contribution in [3.05, 3.63) is 30.0 Å². The van der Waals surface area contributed by atoms with Crippen molar-refractivity contribution in [1.82, 2.24) is 15.0 Å². The van der Waals surface area contributed by atoms with Gasteiger partial charge in [0.2, 0.25) is 5.95 Å². The summed E-state index contributed by atoms with van der Waals surface area (Å²) in [6.45, 7) is 0. The number of anilines is 2. The van der Waals surface area contributed by atoms with Crippen LogP contribution in [-0.4, -0.2) is 15.0 Å². The molecule has 0 bridgehead atoms. The molecule has 6 heteroatoms. The van der Waals surface area contributed by atoms with Crippen molar-refractivity contribution in [2.24, 2.45) is 0 Å². The van der Waals surface area contributed by atoms with E-state index in [1.165, 1.54) is 6.20 Å². The first-order valence-corrected chi connectivity index (χ1v) is 4.45. The molecule has 2 heterocycles. The van der Waals surface area contributed by atoms with Crippen LogP contribution in [0.2, 0.25) is 0 Å². The second kappa shape index (κ2) is 3.82. The third-order valence-corrected chi connectivity index (χ3v) is 1.92. The maximum atomic E-state index is 8.63. The lowest BCUT2D eigenvalue weighted by Gasteiger charge is -2.02. The van der Waals surface area contributed by atoms with Crippen LogP contribution in [-0.2, 0) is 0 Å². The first-order valence-electron chi connectivity index (χ1n) is 4.45. The van der Waals surface area contributed by atoms with Gasteiger partial charge in [0.05, 0.1) is 17.0 Å². The molecule has 0 atom stereocenters. The zero-order chi connectivity index (χ0) is 11.5. The molecule has 2 aromatic rings. The number of nitrogen functional groups attached to an aromatic ring is 2. The molecule has 0 amide bonds. The van der Waals surface area contributed by atoms with Crippen molar-refractivity contribution < 1.29 is 0 Å². The second-order valence-electron chi connectivity index (χ2n) is 3.08. The fraction of sp³-hybridized carbons (Fsp3) is 0. The van der Waals surface area contributed by atoms with Gasteiger partial charge in [0, 0.05) is 12.3 Å². The number of hydrogen-bond acceptors (Lipinski definition) is 6. The molecule has 0 radical (unpaired) electrons. The molecule has 2 rings (SSSR count). The number of rotatable bonds is 1. The molecule has 0 unspecified atom stereocenters. The summed E-state index contributed by atoms with van der Waals surface area (Å²) in [6.07, 6.45) is 1.46. The highest BCUT2D eigenvalue weighted by Gasteiger charge is 2.04. The minimum Gasteiger partial charge on any atom is -0.384 e. The van der Waals surface area contributed by atoms with Crippen LogP contribution in [0.25, 0.3) is 11.4 Å². The smallest absolute Gasteiger partial charge is 0.222 e. The summed E-state index contributed by atoms with van der Waals surface area (Å²) in [7, 11) is 0. The van der Waals surface area contributed by atoms with Gasteiger partial charge in [0.25, 0.3) is 0 Å². The van der Waals surface area contributed by atoms with Crippen molar-refractivity contribution in [2.75, 3.05) is 11.5 Å². The number of nitriles is 1. The van der Waals surface area contributed by atoms with E-state index in [4.69, 9.17) is 16.7 Å². The molecule has 16 heavy (non-hydrogen) atoms. The number of aromatic nitrogens is 3. The van der Waals surface area contributed by atoms with Crippen LogP contribution in [0.3, 0.4) is 0 Å². The first kappa shape index (κ1) is 9.86. The molecule has 0 spiro atoms. The van der Waals surface area contributed by atoms with E-state index in [0.29, 0.717) is 17.0 Å². The van der Waals surface area contributed by atoms with Gasteiger partial charge in [-0.3, -0.25) is 4.98 Å². The third kappa shape index (κ3) is 1.88. The molecule has 0 saturated carbocycles. The Morgan fingerprint density at radius 2 is 1.94 bits per heavy atom. The molecule has 0 fully saturated rings. The maximum Gasteiger partial charge on any atom is 0.222 e. The molecule has 6 nitrogen and oxygen atoms in total. The van der Waals surface area contributed by atoms with Gasteiger partial charge in [-0.25, -0.2) is 4.98 Å². The summed E-state index contributed by atoms with van der Waals surface area (Å²) in [5, 5.41) is 8.63. The van der Waals surface area contributed by atoms with Crippen molar-refractivity contribution in [1.29, 1.82) is 5.26 Å². The van der Waals surface area contributed by atoms with Crippen LogP contribution >= 0.6 is 0 Å². The van der Waals surface area contributed by atoms with E-state index in [9.17, 15) is 0 Å². The average Bonchev–Trinajstić information content (AvgIpc) is 2.28. The Labute approximate surface area is 91.6 Å². The van der Waals surface area contributed by atoms with Gasteiger partial charge in [-0.1, -0.05) is 0 Å². The van der Waals surface area contributed by atoms with Gasteiger partial charge >= 0.3 is 0 Å². The Balaban J connectivity index is 2.47. The molecule has 78 valence electrons. The van der Waals surface area contributed by atoms with Crippen LogP contribution in [0, 0.1) is 11.3 Å². The lowest BCUT2D eigenvalue weighted by Crippen LogP contribution is -2.01. The lowest BCUT2D eigenvalue weighted by molar-refractivity contribution is 1.17. The number of pyridine rings is 1. The van der Waals surface area contributed by atoms with Crippen LogP contribution in [0.15, 0.2) is 24.4 Å². The summed E-state index contributed by atoms with van der Waals surface area (Å²) < 4.78 is 0. The molecular formula is C10H8N6. The summed E-state index contributed by atoms with van der Waals surface area (Å²) in [5.41, 5.74) is 12.6. The number of hydrogen-bond donors (Lipinski definition) is 2. The normalized spacial score (nSPS) is 9.69. The van der Waals surface area contributed by atoms with E-state index in [1.807, 2.05) is 6.07 Å². The van der Waals surface area contributed by atoms with Crippen LogP contribution in [0.4, 0.5) is 11.8 Å². The van der Waals surface area contributed by atoms with Crippen molar-refractivity contribution in [3.8, 4) is 17.5 Å². The average molecular weight is 212 g/mol. The van der Waals surface area contributed by atoms with Crippen LogP contribution in [0.5, 0.6) is 0 Å². The molecule has 0 aliphatic heterocycles. The van der Waals surface area contributed by atoms with E-state index < -0.39 is 0 Å². The van der Waals surface area contributed by atoms with Crippen molar-refractivity contribution in [3.63, 3.8) is 0 Å². The Hall–Kier alpha value is -2.68. The second-order valence-corrected chi connectivity index (χ2v) is 3.08. The van der Waals surface area contributed by atoms with Crippen LogP contribution < -0.4 is 11.5 Å². The maximum absolute atomic E-state index is 8.63. The SMILES string of the molecule is N#Cc1ccc(-c2cc(N)nc(N)n2)nc1. The predicted octanol–water partition coefficient (Wildman–Crippen LogP) is 0.575. The molecule has 0 aromatic carbocycles. The molecule has 0 aliphatic rings. The van der Waals surface area contributed by atoms with Gasteiger partial charge < -0.3 is 11.5 Å². The third-order valence-electron chi connectivity index (χ3n) is 1.92. The largest absolute Gasteiger partial charge is 0.384 e. The molecule has 0 aliphatic carbocycles. The molecular weight excluding hydrogens is 204 g/mol. The standard InChI is InChI=1S/C10H8N6/c11-4-6-1-2-7(14-5-6)8-3-9(12)16-10(13)15-8/h1-3,5H,(H4,12,13,15,16). The summed E-state index contributed by atoms with van der Waals surface area (Å²) in [5.74, 6) is 0.384. The van der Waals surface area contributed by atoms with E-state index in [0.717, 1.165) is 0 Å². The van der Waals surface area contributed by atoms with Crippen molar-refractivity contribution in [2.45, 2.75) is 0 Å². The quantitative estimate of drug-likeness (QED) is 0.714. The Bertz CT molecular complexity index is 534. The van der Waals surface area contributed by atoms with Gasteiger partial charge in [0.15, 0.2) is 0 Å². The minimum atomic E-state index is 0.0983. The van der Waals surface area contributed by atoms with Gasteiger partial charge in [-0.15, -0.1) is 0 Å². The number of nitrogens with zero attached hydrogens (tertiary/aromatic N) is 4.